The first kappa shape index (κ1) is 27.2. The largest absolute Gasteiger partial charge is 0.489 e. The third kappa shape index (κ3) is 6.98. The van der Waals surface area contributed by atoms with Gasteiger partial charge in [0.05, 0.1) is 12.0 Å². The van der Waals surface area contributed by atoms with Crippen LogP contribution in [-0.2, 0) is 16.1 Å². The van der Waals surface area contributed by atoms with Crippen LogP contribution in [0.25, 0.3) is 10.8 Å². The van der Waals surface area contributed by atoms with E-state index >= 15 is 0 Å². The first-order valence-corrected chi connectivity index (χ1v) is 11.7. The molecule has 2 aromatic rings. The summed E-state index contributed by atoms with van der Waals surface area (Å²) < 4.78 is 13.4. The number of benzene rings is 1. The van der Waals surface area contributed by atoms with Gasteiger partial charge in [0, 0.05) is 31.6 Å². The Hall–Kier alpha value is -3.03. The number of nitrogens with zero attached hydrogens (tertiary/aromatic N) is 2. The number of unbranched alkanes of at least 4 members (excludes halogenated alkanes) is 1. The highest BCUT2D eigenvalue weighted by atomic mass is 16.6. The molecule has 8 heteroatoms. The summed E-state index contributed by atoms with van der Waals surface area (Å²) in [6, 6.07) is 5.10. The number of hydrogen-bond acceptors (Lipinski definition) is 5. The first-order chi connectivity index (χ1) is 15.6. The van der Waals surface area contributed by atoms with Gasteiger partial charge in [-0.25, -0.2) is 4.79 Å². The fraction of sp³-hybridized carbons (Fsp3) is 0.577. The molecule has 1 heterocycles. The van der Waals surface area contributed by atoms with Crippen molar-refractivity contribution in [2.75, 3.05) is 23.9 Å². The fourth-order valence-corrected chi connectivity index (χ4v) is 3.52. The van der Waals surface area contributed by atoms with Gasteiger partial charge in [-0.3, -0.25) is 19.1 Å². The minimum absolute atomic E-state index is 0.222. The van der Waals surface area contributed by atoms with Gasteiger partial charge >= 0.3 is 6.09 Å². The second-order valence-electron chi connectivity index (χ2n) is 10.8. The Morgan fingerprint density at radius 3 is 2.26 bits per heavy atom. The van der Waals surface area contributed by atoms with Crippen LogP contribution in [0.1, 0.15) is 68.2 Å². The van der Waals surface area contributed by atoms with Crippen molar-refractivity contribution in [3.63, 3.8) is 0 Å². The Morgan fingerprint density at radius 1 is 1.09 bits per heavy atom. The molecule has 0 unspecified atom stereocenters. The van der Waals surface area contributed by atoms with E-state index in [1.807, 2.05) is 20.8 Å². The van der Waals surface area contributed by atoms with E-state index in [9.17, 15) is 14.4 Å². The number of anilines is 2. The fourth-order valence-electron chi connectivity index (χ4n) is 3.52. The molecule has 0 saturated carbocycles. The maximum Gasteiger partial charge on any atom is 0.415 e. The highest BCUT2D eigenvalue weighted by Gasteiger charge is 2.29. The van der Waals surface area contributed by atoms with Crippen LogP contribution in [-0.4, -0.2) is 35.8 Å². The lowest BCUT2D eigenvalue weighted by atomic mass is 9.96. The number of amides is 2. The van der Waals surface area contributed by atoms with Gasteiger partial charge < -0.3 is 14.8 Å². The molecule has 0 saturated heterocycles. The van der Waals surface area contributed by atoms with Crippen molar-refractivity contribution in [3.05, 3.63) is 28.6 Å². The van der Waals surface area contributed by atoms with Crippen LogP contribution >= 0.6 is 0 Å². The summed E-state index contributed by atoms with van der Waals surface area (Å²) in [5.41, 5.74) is -0.663. The number of rotatable bonds is 7. The summed E-state index contributed by atoms with van der Waals surface area (Å²) in [5, 5.41) is 3.74. The number of carbonyl (C=O) groups is 2. The summed E-state index contributed by atoms with van der Waals surface area (Å²) in [5.74, 6) is 0.519. The second-order valence-corrected chi connectivity index (χ2v) is 10.8. The zero-order valence-corrected chi connectivity index (χ0v) is 22.0. The number of nitrogens with one attached hydrogen (secondary N) is 1. The molecule has 0 atom stereocenters. The Balaban J connectivity index is 2.89. The molecule has 2 amide bonds. The average molecular weight is 474 g/mol. The van der Waals surface area contributed by atoms with Gasteiger partial charge in [-0.1, -0.05) is 34.1 Å². The molecule has 8 nitrogen and oxygen atoms in total. The number of aromatic nitrogens is 1. The number of pyridine rings is 1. The van der Waals surface area contributed by atoms with Gasteiger partial charge in [0.25, 0.3) is 5.56 Å². The van der Waals surface area contributed by atoms with Crippen molar-refractivity contribution in [1.29, 1.82) is 0 Å². The van der Waals surface area contributed by atoms with E-state index in [0.717, 1.165) is 12.8 Å². The highest BCUT2D eigenvalue weighted by molar-refractivity contribution is 6.00. The average Bonchev–Trinajstić information content (AvgIpc) is 2.68. The van der Waals surface area contributed by atoms with Crippen LogP contribution in [0, 0.1) is 5.41 Å². The lowest BCUT2D eigenvalue weighted by Crippen LogP contribution is -2.39. The zero-order chi connectivity index (χ0) is 25.8. The van der Waals surface area contributed by atoms with Gasteiger partial charge in [0.2, 0.25) is 5.91 Å². The number of hydrogen-bond donors (Lipinski definition) is 1. The monoisotopic (exact) mass is 473 g/mol. The lowest BCUT2D eigenvalue weighted by molar-refractivity contribution is -0.114. The molecule has 0 aliphatic rings. The van der Waals surface area contributed by atoms with Crippen LogP contribution in [0.5, 0.6) is 5.75 Å². The third-order valence-electron chi connectivity index (χ3n) is 4.88. The van der Waals surface area contributed by atoms with E-state index in [4.69, 9.17) is 9.47 Å². The third-order valence-corrected chi connectivity index (χ3v) is 4.88. The first-order valence-electron chi connectivity index (χ1n) is 11.7. The standard InChI is InChI=1S/C26H39N3O5/c1-10-11-14-33-21-20-15-18(27-17(2)30)12-13-19(20)23(31)29(16-25(3,4)5)22(21)28(9)24(32)34-26(6,7)8/h12-13,15H,10-11,14,16H2,1-9H3,(H,27,30). The highest BCUT2D eigenvalue weighted by Crippen LogP contribution is 2.37. The molecule has 0 aliphatic heterocycles. The second kappa shape index (κ2) is 10.5. The van der Waals surface area contributed by atoms with E-state index in [2.05, 4.69) is 12.2 Å². The van der Waals surface area contributed by atoms with Crippen molar-refractivity contribution in [2.24, 2.45) is 5.41 Å². The maximum absolute atomic E-state index is 13.7. The molecule has 188 valence electrons. The maximum atomic E-state index is 13.7. The van der Waals surface area contributed by atoms with Gasteiger partial charge in [-0.05, 0) is 50.8 Å². The van der Waals surface area contributed by atoms with E-state index < -0.39 is 11.7 Å². The smallest absolute Gasteiger partial charge is 0.415 e. The minimum atomic E-state index is -0.709. The molecule has 0 aliphatic carbocycles. The van der Waals surface area contributed by atoms with Crippen molar-refractivity contribution in [2.45, 2.75) is 80.4 Å². The topological polar surface area (TPSA) is 89.9 Å². The predicted octanol–water partition coefficient (Wildman–Crippen LogP) is 5.56. The molecule has 0 bridgehead atoms. The molecule has 2 rings (SSSR count). The Labute approximate surface area is 202 Å². The normalized spacial score (nSPS) is 11.9. The lowest BCUT2D eigenvalue weighted by Gasteiger charge is -2.30. The number of carbonyl (C=O) groups excluding carboxylic acids is 2. The van der Waals surface area contributed by atoms with Crippen molar-refractivity contribution < 1.29 is 19.1 Å². The summed E-state index contributed by atoms with van der Waals surface area (Å²) >= 11 is 0. The Morgan fingerprint density at radius 2 is 1.74 bits per heavy atom. The van der Waals surface area contributed by atoms with Crippen LogP contribution < -0.4 is 20.5 Å². The molecule has 0 spiro atoms. The van der Waals surface area contributed by atoms with E-state index in [0.29, 0.717) is 41.2 Å². The van der Waals surface area contributed by atoms with Crippen molar-refractivity contribution >= 4 is 34.3 Å². The van der Waals surface area contributed by atoms with Gasteiger partial charge in [0.15, 0.2) is 11.6 Å². The molecule has 1 aromatic heterocycles. The summed E-state index contributed by atoms with van der Waals surface area (Å²) in [6.45, 7) is 15.7. The Bertz CT molecular complexity index is 1110. The quantitative estimate of drug-likeness (QED) is 0.532. The number of fused-ring (bicyclic) bond motifs is 1. The van der Waals surface area contributed by atoms with Gasteiger partial charge in [0.1, 0.15) is 5.60 Å². The summed E-state index contributed by atoms with van der Waals surface area (Å²) in [4.78, 5) is 39.8. The van der Waals surface area contributed by atoms with Crippen LogP contribution in [0.15, 0.2) is 23.0 Å². The van der Waals surface area contributed by atoms with E-state index in [1.54, 1.807) is 50.6 Å². The van der Waals surface area contributed by atoms with E-state index in [-0.39, 0.29) is 16.9 Å². The predicted molar refractivity (Wildman–Crippen MR) is 137 cm³/mol. The van der Waals surface area contributed by atoms with Gasteiger partial charge in [-0.15, -0.1) is 0 Å². The molecule has 1 N–H and O–H groups in total. The summed E-state index contributed by atoms with van der Waals surface area (Å²) in [6.07, 6.45) is 1.14. The molecular weight excluding hydrogens is 434 g/mol. The van der Waals surface area contributed by atoms with Crippen molar-refractivity contribution in [3.8, 4) is 5.75 Å². The summed E-state index contributed by atoms with van der Waals surface area (Å²) in [7, 11) is 1.58. The zero-order valence-electron chi connectivity index (χ0n) is 22.0. The molecule has 0 radical (unpaired) electrons. The van der Waals surface area contributed by atoms with Crippen molar-refractivity contribution in [1.82, 2.24) is 4.57 Å². The van der Waals surface area contributed by atoms with Crippen LogP contribution in [0.2, 0.25) is 0 Å². The van der Waals surface area contributed by atoms with Gasteiger partial charge in [-0.2, -0.15) is 0 Å². The number of ether oxygens (including phenoxy) is 2. The minimum Gasteiger partial charge on any atom is -0.489 e. The van der Waals surface area contributed by atoms with Crippen LogP contribution in [0.4, 0.5) is 16.3 Å². The molecular formula is C26H39N3O5. The SMILES string of the molecule is CCCCOc1c(N(C)C(=O)OC(C)(C)C)n(CC(C)(C)C)c(=O)c2ccc(NC(C)=O)cc12. The molecule has 0 fully saturated rings. The Kier molecular flexibility index (Phi) is 8.40. The molecule has 1 aromatic carbocycles. The van der Waals surface area contributed by atoms with E-state index in [1.165, 1.54) is 11.8 Å². The molecule has 34 heavy (non-hydrogen) atoms. The van der Waals surface area contributed by atoms with Crippen LogP contribution in [0.3, 0.4) is 0 Å².